The van der Waals surface area contributed by atoms with Crippen LogP contribution >= 0.6 is 11.3 Å². The fourth-order valence-electron chi connectivity index (χ4n) is 1.77. The van der Waals surface area contributed by atoms with Gasteiger partial charge in [0, 0.05) is 5.39 Å². The van der Waals surface area contributed by atoms with E-state index >= 15 is 0 Å². The summed E-state index contributed by atoms with van der Waals surface area (Å²) in [5.41, 5.74) is -0.946. The van der Waals surface area contributed by atoms with E-state index in [9.17, 15) is 22.8 Å². The van der Waals surface area contributed by atoms with Crippen molar-refractivity contribution in [1.29, 1.82) is 0 Å². The smallest absolute Gasteiger partial charge is 0.422 e. The average Bonchev–Trinajstić information content (AvgIpc) is 2.95. The van der Waals surface area contributed by atoms with Crippen LogP contribution in [0.25, 0.3) is 11.0 Å². The van der Waals surface area contributed by atoms with Gasteiger partial charge in [0.25, 0.3) is 5.91 Å². The Hall–Kier alpha value is -2.75. The highest BCUT2D eigenvalue weighted by molar-refractivity contribution is 7.15. The van der Waals surface area contributed by atoms with E-state index < -0.39 is 22.7 Å². The Morgan fingerprint density at radius 3 is 2.65 bits per heavy atom. The molecular formula is C13H6F3N3O3S. The predicted octanol–water partition coefficient (Wildman–Crippen LogP) is 2.92. The van der Waals surface area contributed by atoms with Gasteiger partial charge in [0.15, 0.2) is 0 Å². The summed E-state index contributed by atoms with van der Waals surface area (Å²) in [7, 11) is 0. The van der Waals surface area contributed by atoms with Crippen molar-refractivity contribution in [2.45, 2.75) is 6.18 Å². The molecule has 0 saturated carbocycles. The summed E-state index contributed by atoms with van der Waals surface area (Å²) < 4.78 is 42.3. The number of anilines is 1. The van der Waals surface area contributed by atoms with Crippen molar-refractivity contribution in [3.8, 4) is 0 Å². The summed E-state index contributed by atoms with van der Waals surface area (Å²) in [5.74, 6) is -0.922. The Kier molecular flexibility index (Phi) is 3.60. The third kappa shape index (κ3) is 3.06. The lowest BCUT2D eigenvalue weighted by atomic mass is 10.2. The summed E-state index contributed by atoms with van der Waals surface area (Å²) >= 11 is 0.160. The third-order valence-corrected chi connectivity index (χ3v) is 3.66. The zero-order chi connectivity index (χ0) is 16.6. The molecule has 0 aliphatic heterocycles. The van der Waals surface area contributed by atoms with E-state index in [0.29, 0.717) is 11.0 Å². The maximum atomic E-state index is 12.4. The van der Waals surface area contributed by atoms with Crippen molar-refractivity contribution < 1.29 is 22.4 Å². The minimum Gasteiger partial charge on any atom is -0.422 e. The quantitative estimate of drug-likeness (QED) is 0.725. The molecule has 118 valence electrons. The van der Waals surface area contributed by atoms with Crippen molar-refractivity contribution in [3.63, 3.8) is 0 Å². The van der Waals surface area contributed by atoms with Crippen molar-refractivity contribution in [2.24, 2.45) is 0 Å². The molecule has 0 bridgehead atoms. The van der Waals surface area contributed by atoms with Crippen LogP contribution in [0.4, 0.5) is 18.3 Å². The Morgan fingerprint density at radius 1 is 1.22 bits per heavy atom. The molecule has 0 saturated heterocycles. The number of hydrogen-bond donors (Lipinski definition) is 1. The van der Waals surface area contributed by atoms with Crippen LogP contribution in [0, 0.1) is 0 Å². The van der Waals surface area contributed by atoms with Crippen LogP contribution in [-0.4, -0.2) is 16.1 Å². The Labute approximate surface area is 129 Å². The molecule has 1 N–H and O–H groups in total. The lowest BCUT2D eigenvalue weighted by Crippen LogP contribution is -2.20. The minimum absolute atomic E-state index is 0.160. The Bertz CT molecular complexity index is 949. The first-order valence-electron chi connectivity index (χ1n) is 6.09. The summed E-state index contributed by atoms with van der Waals surface area (Å²) in [6.07, 6.45) is -4.65. The van der Waals surface area contributed by atoms with E-state index in [1.165, 1.54) is 6.07 Å². The van der Waals surface area contributed by atoms with Gasteiger partial charge < -0.3 is 4.42 Å². The molecule has 0 unspecified atom stereocenters. The molecule has 2 heterocycles. The van der Waals surface area contributed by atoms with Gasteiger partial charge in [-0.15, -0.1) is 10.2 Å². The van der Waals surface area contributed by atoms with Crippen LogP contribution in [0.3, 0.4) is 0 Å². The summed E-state index contributed by atoms with van der Waals surface area (Å²) in [5, 5.41) is 7.20. The van der Waals surface area contributed by atoms with Gasteiger partial charge in [0.2, 0.25) is 10.1 Å². The first-order chi connectivity index (χ1) is 10.8. The molecular weight excluding hydrogens is 335 g/mol. The Morgan fingerprint density at radius 2 is 1.96 bits per heavy atom. The number of aromatic nitrogens is 2. The van der Waals surface area contributed by atoms with Gasteiger partial charge >= 0.3 is 11.8 Å². The standard InChI is InChI=1S/C13H6F3N3O3S/c14-13(15,16)11-18-19-12(23-11)17-9(20)7-5-6-3-1-2-4-8(6)22-10(7)21/h1-5H,(H,17,19,20). The second-order valence-electron chi connectivity index (χ2n) is 4.35. The predicted molar refractivity (Wildman–Crippen MR) is 75.3 cm³/mol. The number of alkyl halides is 3. The first kappa shape index (κ1) is 15.2. The SMILES string of the molecule is O=C(Nc1nnc(C(F)(F)F)s1)c1cc2ccccc2oc1=O. The molecule has 0 spiro atoms. The number of carbonyl (C=O) groups excluding carboxylic acids is 1. The van der Waals surface area contributed by atoms with Crippen LogP contribution in [0.1, 0.15) is 15.4 Å². The van der Waals surface area contributed by atoms with E-state index in [1.54, 1.807) is 24.3 Å². The number of nitrogens with one attached hydrogen (secondary N) is 1. The van der Waals surface area contributed by atoms with Crippen molar-refractivity contribution in [1.82, 2.24) is 10.2 Å². The van der Waals surface area contributed by atoms with Gasteiger partial charge in [-0.3, -0.25) is 10.1 Å². The minimum atomic E-state index is -4.65. The summed E-state index contributed by atoms with van der Waals surface area (Å²) in [6.45, 7) is 0. The summed E-state index contributed by atoms with van der Waals surface area (Å²) in [4.78, 5) is 23.8. The topological polar surface area (TPSA) is 85.1 Å². The Balaban J connectivity index is 1.90. The normalized spacial score (nSPS) is 11.6. The maximum Gasteiger partial charge on any atom is 0.445 e. The molecule has 3 rings (SSSR count). The van der Waals surface area contributed by atoms with E-state index in [2.05, 4.69) is 15.5 Å². The highest BCUT2D eigenvalue weighted by Crippen LogP contribution is 2.33. The number of hydrogen-bond acceptors (Lipinski definition) is 6. The monoisotopic (exact) mass is 341 g/mol. The molecule has 6 nitrogen and oxygen atoms in total. The number of nitrogens with zero attached hydrogens (tertiary/aromatic N) is 2. The number of para-hydroxylation sites is 1. The van der Waals surface area contributed by atoms with Crippen LogP contribution in [0.5, 0.6) is 0 Å². The molecule has 1 amide bonds. The van der Waals surface area contributed by atoms with E-state index in [-0.39, 0.29) is 22.0 Å². The fourth-order valence-corrected chi connectivity index (χ4v) is 2.38. The number of amides is 1. The average molecular weight is 341 g/mol. The molecule has 3 aromatic rings. The molecule has 10 heteroatoms. The van der Waals surface area contributed by atoms with E-state index in [0.717, 1.165) is 0 Å². The molecule has 0 aliphatic rings. The van der Waals surface area contributed by atoms with Gasteiger partial charge in [-0.1, -0.05) is 29.5 Å². The second-order valence-corrected chi connectivity index (χ2v) is 5.33. The molecule has 0 aliphatic carbocycles. The second kappa shape index (κ2) is 5.47. The molecule has 23 heavy (non-hydrogen) atoms. The van der Waals surface area contributed by atoms with Crippen LogP contribution in [0.15, 0.2) is 39.5 Å². The van der Waals surface area contributed by atoms with E-state index in [4.69, 9.17) is 4.42 Å². The van der Waals surface area contributed by atoms with Crippen molar-refractivity contribution in [3.05, 3.63) is 51.3 Å². The third-order valence-electron chi connectivity index (χ3n) is 2.77. The highest BCUT2D eigenvalue weighted by Gasteiger charge is 2.35. The lowest BCUT2D eigenvalue weighted by Gasteiger charge is -2.02. The molecule has 1 aromatic carbocycles. The largest absolute Gasteiger partial charge is 0.445 e. The van der Waals surface area contributed by atoms with Crippen LogP contribution < -0.4 is 10.9 Å². The van der Waals surface area contributed by atoms with Gasteiger partial charge in [0.05, 0.1) is 0 Å². The maximum absolute atomic E-state index is 12.4. The number of benzene rings is 1. The van der Waals surface area contributed by atoms with Crippen LogP contribution in [0.2, 0.25) is 0 Å². The fraction of sp³-hybridized carbons (Fsp3) is 0.0769. The number of halogens is 3. The van der Waals surface area contributed by atoms with Gasteiger partial charge in [0.1, 0.15) is 11.1 Å². The molecule has 2 aromatic heterocycles. The zero-order valence-electron chi connectivity index (χ0n) is 11.0. The van der Waals surface area contributed by atoms with E-state index in [1.807, 2.05) is 0 Å². The zero-order valence-corrected chi connectivity index (χ0v) is 11.9. The van der Waals surface area contributed by atoms with Gasteiger partial charge in [-0.2, -0.15) is 13.2 Å². The molecule has 0 fully saturated rings. The number of fused-ring (bicyclic) bond motifs is 1. The van der Waals surface area contributed by atoms with Gasteiger partial charge in [-0.25, -0.2) is 4.79 Å². The number of rotatable bonds is 2. The van der Waals surface area contributed by atoms with Crippen LogP contribution in [-0.2, 0) is 6.18 Å². The number of carbonyl (C=O) groups is 1. The van der Waals surface area contributed by atoms with Gasteiger partial charge in [-0.05, 0) is 12.1 Å². The molecule has 0 radical (unpaired) electrons. The lowest BCUT2D eigenvalue weighted by molar-refractivity contribution is -0.138. The summed E-state index contributed by atoms with van der Waals surface area (Å²) in [6, 6.07) is 7.82. The highest BCUT2D eigenvalue weighted by atomic mass is 32.1. The van der Waals surface area contributed by atoms with Crippen molar-refractivity contribution >= 4 is 33.3 Å². The van der Waals surface area contributed by atoms with Crippen molar-refractivity contribution in [2.75, 3.05) is 5.32 Å². The molecule has 0 atom stereocenters. The first-order valence-corrected chi connectivity index (χ1v) is 6.91.